The fourth-order valence-electron chi connectivity index (χ4n) is 2.71. The highest BCUT2D eigenvalue weighted by atomic mass is 16.6. The third-order valence-electron chi connectivity index (χ3n) is 4.19. The number of anilines is 1. The van der Waals surface area contributed by atoms with Crippen LogP contribution in [-0.2, 0) is 9.53 Å². The molecular weight excluding hydrogens is 388 g/mol. The van der Waals surface area contributed by atoms with Gasteiger partial charge in [-0.15, -0.1) is 0 Å². The van der Waals surface area contributed by atoms with Crippen LogP contribution in [0, 0.1) is 17.0 Å². The zero-order valence-corrected chi connectivity index (χ0v) is 16.0. The summed E-state index contributed by atoms with van der Waals surface area (Å²) >= 11 is 0. The third-order valence-corrected chi connectivity index (χ3v) is 4.19. The fourth-order valence-corrected chi connectivity index (χ4v) is 2.71. The molecule has 8 heteroatoms. The molecule has 30 heavy (non-hydrogen) atoms. The Morgan fingerprint density at radius 3 is 2.40 bits per heavy atom. The summed E-state index contributed by atoms with van der Waals surface area (Å²) in [4.78, 5) is 34.9. The van der Waals surface area contributed by atoms with Crippen LogP contribution in [0.4, 0.5) is 11.4 Å². The second-order valence-electron chi connectivity index (χ2n) is 6.24. The van der Waals surface area contributed by atoms with E-state index in [9.17, 15) is 19.7 Å². The molecule has 0 radical (unpaired) electrons. The van der Waals surface area contributed by atoms with Crippen molar-refractivity contribution in [3.63, 3.8) is 0 Å². The minimum Gasteiger partial charge on any atom is -0.455 e. The average Bonchev–Trinajstić information content (AvgIpc) is 2.74. The number of carbonyl (C=O) groups is 2. The Hall–Kier alpha value is -4.20. The SMILES string of the molecule is Cc1c(C(=O)OCC(=O)Nc2ccccc2Oc2ccccc2)cccc1[N+](=O)[O-]. The van der Waals surface area contributed by atoms with Crippen LogP contribution < -0.4 is 10.1 Å². The first-order valence-electron chi connectivity index (χ1n) is 8.98. The van der Waals surface area contributed by atoms with Gasteiger partial charge in [-0.3, -0.25) is 14.9 Å². The largest absolute Gasteiger partial charge is 0.455 e. The number of esters is 1. The molecule has 0 unspecified atom stereocenters. The first-order chi connectivity index (χ1) is 14.5. The molecule has 0 bridgehead atoms. The molecule has 1 N–H and O–H groups in total. The molecule has 0 saturated heterocycles. The lowest BCUT2D eigenvalue weighted by Crippen LogP contribution is -2.21. The monoisotopic (exact) mass is 406 g/mol. The summed E-state index contributed by atoms with van der Waals surface area (Å²) in [7, 11) is 0. The zero-order chi connectivity index (χ0) is 21.5. The van der Waals surface area contributed by atoms with Crippen molar-refractivity contribution in [2.75, 3.05) is 11.9 Å². The Kier molecular flexibility index (Phi) is 6.39. The van der Waals surface area contributed by atoms with Gasteiger partial charge in [-0.2, -0.15) is 0 Å². The second-order valence-corrected chi connectivity index (χ2v) is 6.24. The van der Waals surface area contributed by atoms with Crippen molar-refractivity contribution in [1.82, 2.24) is 0 Å². The molecule has 0 spiro atoms. The van der Waals surface area contributed by atoms with Gasteiger partial charge in [-0.05, 0) is 37.3 Å². The highest BCUT2D eigenvalue weighted by molar-refractivity contribution is 5.97. The van der Waals surface area contributed by atoms with Gasteiger partial charge in [0.2, 0.25) is 0 Å². The maximum atomic E-state index is 12.3. The molecular formula is C22H18N2O6. The van der Waals surface area contributed by atoms with E-state index in [4.69, 9.17) is 9.47 Å². The van der Waals surface area contributed by atoms with Crippen LogP contribution in [0.3, 0.4) is 0 Å². The molecule has 0 aliphatic rings. The molecule has 3 aromatic carbocycles. The van der Waals surface area contributed by atoms with Gasteiger partial charge < -0.3 is 14.8 Å². The van der Waals surface area contributed by atoms with Gasteiger partial charge in [0.25, 0.3) is 11.6 Å². The molecule has 0 atom stereocenters. The quantitative estimate of drug-likeness (QED) is 0.352. The van der Waals surface area contributed by atoms with Crippen molar-refractivity contribution < 1.29 is 24.0 Å². The summed E-state index contributed by atoms with van der Waals surface area (Å²) in [5.41, 5.74) is 0.425. The molecule has 1 amide bonds. The Morgan fingerprint density at radius 2 is 1.67 bits per heavy atom. The lowest BCUT2D eigenvalue weighted by molar-refractivity contribution is -0.385. The highest BCUT2D eigenvalue weighted by Crippen LogP contribution is 2.29. The molecule has 0 aromatic heterocycles. The number of amides is 1. The Bertz CT molecular complexity index is 1080. The number of ether oxygens (including phenoxy) is 2. The predicted molar refractivity (Wildman–Crippen MR) is 110 cm³/mol. The molecule has 0 heterocycles. The number of carbonyl (C=O) groups excluding carboxylic acids is 2. The van der Waals surface area contributed by atoms with Gasteiger partial charge in [0.05, 0.1) is 16.2 Å². The number of rotatable bonds is 7. The summed E-state index contributed by atoms with van der Waals surface area (Å²) < 4.78 is 10.8. The van der Waals surface area contributed by atoms with E-state index < -0.39 is 23.4 Å². The van der Waals surface area contributed by atoms with Crippen LogP contribution in [0.1, 0.15) is 15.9 Å². The van der Waals surface area contributed by atoms with Gasteiger partial charge >= 0.3 is 5.97 Å². The number of hydrogen-bond acceptors (Lipinski definition) is 6. The van der Waals surface area contributed by atoms with Crippen molar-refractivity contribution in [2.24, 2.45) is 0 Å². The first kappa shape index (κ1) is 20.5. The number of benzene rings is 3. The van der Waals surface area contributed by atoms with E-state index >= 15 is 0 Å². The lowest BCUT2D eigenvalue weighted by atomic mass is 10.1. The number of nitro benzene ring substituents is 1. The van der Waals surface area contributed by atoms with E-state index in [1.807, 2.05) is 18.2 Å². The maximum Gasteiger partial charge on any atom is 0.339 e. The summed E-state index contributed by atoms with van der Waals surface area (Å²) in [6, 6.07) is 20.0. The molecule has 3 rings (SSSR count). The summed E-state index contributed by atoms with van der Waals surface area (Å²) in [5, 5.41) is 13.6. The average molecular weight is 406 g/mol. The van der Waals surface area contributed by atoms with Crippen LogP contribution in [-0.4, -0.2) is 23.4 Å². The minimum atomic E-state index is -0.819. The summed E-state index contributed by atoms with van der Waals surface area (Å²) in [6.45, 7) is 0.895. The van der Waals surface area contributed by atoms with Crippen molar-refractivity contribution in [1.29, 1.82) is 0 Å². The molecule has 3 aromatic rings. The molecule has 0 aliphatic carbocycles. The van der Waals surface area contributed by atoms with Crippen LogP contribution in [0.15, 0.2) is 72.8 Å². The van der Waals surface area contributed by atoms with Gasteiger partial charge in [0.1, 0.15) is 5.75 Å². The maximum absolute atomic E-state index is 12.3. The van der Waals surface area contributed by atoms with Gasteiger partial charge in [0, 0.05) is 11.6 Å². The van der Waals surface area contributed by atoms with E-state index in [1.54, 1.807) is 36.4 Å². The third kappa shape index (κ3) is 4.99. The van der Waals surface area contributed by atoms with E-state index in [-0.39, 0.29) is 16.8 Å². The summed E-state index contributed by atoms with van der Waals surface area (Å²) in [6.07, 6.45) is 0. The standard InChI is InChI=1S/C22H18N2O6/c1-15-17(10-7-12-19(15)24(27)28)22(26)29-14-21(25)23-18-11-5-6-13-20(18)30-16-8-3-2-4-9-16/h2-13H,14H2,1H3,(H,23,25). The van der Waals surface area contributed by atoms with E-state index in [0.717, 1.165) is 0 Å². The molecule has 8 nitrogen and oxygen atoms in total. The number of hydrogen-bond donors (Lipinski definition) is 1. The smallest absolute Gasteiger partial charge is 0.339 e. The van der Waals surface area contributed by atoms with Gasteiger partial charge in [-0.1, -0.05) is 36.4 Å². The second kappa shape index (κ2) is 9.33. The molecule has 0 fully saturated rings. The Labute approximate surface area is 172 Å². The molecule has 0 saturated carbocycles. The van der Waals surface area contributed by atoms with Crippen LogP contribution >= 0.6 is 0 Å². The number of para-hydroxylation sites is 3. The van der Waals surface area contributed by atoms with Crippen LogP contribution in [0.2, 0.25) is 0 Å². The van der Waals surface area contributed by atoms with E-state index in [0.29, 0.717) is 17.2 Å². The van der Waals surface area contributed by atoms with Crippen molar-refractivity contribution >= 4 is 23.3 Å². The highest BCUT2D eigenvalue weighted by Gasteiger charge is 2.20. The van der Waals surface area contributed by atoms with Crippen molar-refractivity contribution in [2.45, 2.75) is 6.92 Å². The van der Waals surface area contributed by atoms with Gasteiger partial charge in [0.15, 0.2) is 12.4 Å². The predicted octanol–water partition coefficient (Wildman–Crippen LogP) is 4.49. The van der Waals surface area contributed by atoms with E-state index in [1.165, 1.54) is 25.1 Å². The summed E-state index contributed by atoms with van der Waals surface area (Å²) in [5.74, 6) is -0.361. The lowest BCUT2D eigenvalue weighted by Gasteiger charge is -2.12. The first-order valence-corrected chi connectivity index (χ1v) is 8.98. The Balaban J connectivity index is 1.64. The zero-order valence-electron chi connectivity index (χ0n) is 16.0. The molecule has 0 aliphatic heterocycles. The van der Waals surface area contributed by atoms with Crippen molar-refractivity contribution in [3.8, 4) is 11.5 Å². The number of nitrogens with zero attached hydrogens (tertiary/aromatic N) is 1. The normalized spacial score (nSPS) is 10.2. The van der Waals surface area contributed by atoms with E-state index in [2.05, 4.69) is 5.32 Å². The minimum absolute atomic E-state index is 0.0322. The Morgan fingerprint density at radius 1 is 0.967 bits per heavy atom. The number of nitro groups is 1. The topological polar surface area (TPSA) is 108 Å². The fraction of sp³-hybridized carbons (Fsp3) is 0.0909. The van der Waals surface area contributed by atoms with Crippen LogP contribution in [0.25, 0.3) is 0 Å². The van der Waals surface area contributed by atoms with Gasteiger partial charge in [-0.25, -0.2) is 4.79 Å². The van der Waals surface area contributed by atoms with Crippen molar-refractivity contribution in [3.05, 3.63) is 94.0 Å². The van der Waals surface area contributed by atoms with Crippen LogP contribution in [0.5, 0.6) is 11.5 Å². The molecule has 152 valence electrons. The number of nitrogens with one attached hydrogen (secondary N) is 1.